The van der Waals surface area contributed by atoms with Crippen LogP contribution in [0.1, 0.15) is 20.7 Å². The third-order valence-electron chi connectivity index (χ3n) is 3.39. The highest BCUT2D eigenvalue weighted by molar-refractivity contribution is 5.96. The Morgan fingerprint density at radius 2 is 1.68 bits per heavy atom. The largest absolute Gasteiger partial charge is 0.465 e. The zero-order valence-electron chi connectivity index (χ0n) is 14.0. The number of carbonyl (C=O) groups excluding carboxylic acids is 3. The molecular formula is C18H19N3O4. The average molecular weight is 341 g/mol. The lowest BCUT2D eigenvalue weighted by atomic mass is 10.2. The Labute approximate surface area is 145 Å². The van der Waals surface area contributed by atoms with Crippen molar-refractivity contribution in [3.63, 3.8) is 0 Å². The molecule has 2 amide bonds. The van der Waals surface area contributed by atoms with Gasteiger partial charge in [-0.25, -0.2) is 4.79 Å². The maximum Gasteiger partial charge on any atom is 0.337 e. The van der Waals surface area contributed by atoms with Gasteiger partial charge in [0.15, 0.2) is 0 Å². The van der Waals surface area contributed by atoms with Crippen LogP contribution in [0.25, 0.3) is 0 Å². The van der Waals surface area contributed by atoms with Crippen molar-refractivity contribution in [2.45, 2.75) is 0 Å². The minimum atomic E-state index is -0.435. The first kappa shape index (κ1) is 18.0. The van der Waals surface area contributed by atoms with Crippen LogP contribution in [0, 0.1) is 0 Å². The molecule has 0 heterocycles. The van der Waals surface area contributed by atoms with Crippen LogP contribution in [-0.2, 0) is 9.53 Å². The van der Waals surface area contributed by atoms with Crippen LogP contribution in [0.4, 0.5) is 11.4 Å². The summed E-state index contributed by atoms with van der Waals surface area (Å²) >= 11 is 0. The van der Waals surface area contributed by atoms with Gasteiger partial charge >= 0.3 is 5.97 Å². The van der Waals surface area contributed by atoms with Gasteiger partial charge in [-0.1, -0.05) is 6.07 Å². The van der Waals surface area contributed by atoms with E-state index in [9.17, 15) is 14.4 Å². The summed E-state index contributed by atoms with van der Waals surface area (Å²) in [6.07, 6.45) is 0. The van der Waals surface area contributed by atoms with E-state index in [0.29, 0.717) is 22.5 Å². The Balaban J connectivity index is 1.90. The topological polar surface area (TPSA) is 96.5 Å². The Morgan fingerprint density at radius 1 is 0.960 bits per heavy atom. The molecule has 130 valence electrons. The van der Waals surface area contributed by atoms with Crippen molar-refractivity contribution in [1.29, 1.82) is 0 Å². The number of esters is 1. The summed E-state index contributed by atoms with van der Waals surface area (Å²) in [5.41, 5.74) is 2.15. The smallest absolute Gasteiger partial charge is 0.337 e. The highest BCUT2D eigenvalue weighted by atomic mass is 16.5. The second-order valence-corrected chi connectivity index (χ2v) is 5.13. The van der Waals surface area contributed by atoms with Gasteiger partial charge < -0.3 is 20.7 Å². The van der Waals surface area contributed by atoms with Gasteiger partial charge in [-0.3, -0.25) is 9.59 Å². The normalized spacial score (nSPS) is 9.84. The summed E-state index contributed by atoms with van der Waals surface area (Å²) in [6, 6.07) is 13.2. The molecule has 2 rings (SSSR count). The Morgan fingerprint density at radius 3 is 2.32 bits per heavy atom. The fourth-order valence-corrected chi connectivity index (χ4v) is 2.11. The molecule has 0 saturated heterocycles. The third-order valence-corrected chi connectivity index (χ3v) is 3.39. The van der Waals surface area contributed by atoms with Crippen molar-refractivity contribution in [3.05, 3.63) is 59.7 Å². The minimum absolute atomic E-state index is 0.0376. The first-order valence-corrected chi connectivity index (χ1v) is 7.57. The van der Waals surface area contributed by atoms with Crippen molar-refractivity contribution in [2.75, 3.05) is 31.3 Å². The quantitative estimate of drug-likeness (QED) is 0.697. The van der Waals surface area contributed by atoms with Crippen molar-refractivity contribution < 1.29 is 19.1 Å². The number of anilines is 2. The number of rotatable bonds is 6. The van der Waals surface area contributed by atoms with Crippen LogP contribution < -0.4 is 16.0 Å². The predicted molar refractivity (Wildman–Crippen MR) is 94.7 cm³/mol. The lowest BCUT2D eigenvalue weighted by Crippen LogP contribution is -2.22. The molecule has 3 N–H and O–H groups in total. The molecular weight excluding hydrogens is 322 g/mol. The molecule has 0 radical (unpaired) electrons. The molecule has 0 spiro atoms. The molecule has 0 saturated carbocycles. The number of carbonyl (C=O) groups is 3. The zero-order chi connectivity index (χ0) is 18.2. The Bertz CT molecular complexity index is 772. The summed E-state index contributed by atoms with van der Waals surface area (Å²) in [6.45, 7) is 0.0376. The van der Waals surface area contributed by atoms with E-state index in [4.69, 9.17) is 0 Å². The molecule has 0 atom stereocenters. The van der Waals surface area contributed by atoms with E-state index in [0.717, 1.165) is 0 Å². The molecule has 0 bridgehead atoms. The molecule has 25 heavy (non-hydrogen) atoms. The van der Waals surface area contributed by atoms with E-state index >= 15 is 0 Å². The van der Waals surface area contributed by atoms with Crippen molar-refractivity contribution in [1.82, 2.24) is 5.32 Å². The molecule has 0 unspecified atom stereocenters. The highest BCUT2D eigenvalue weighted by Gasteiger charge is 2.07. The van der Waals surface area contributed by atoms with Crippen molar-refractivity contribution in [3.8, 4) is 0 Å². The van der Waals surface area contributed by atoms with E-state index in [1.54, 1.807) is 55.6 Å². The number of methoxy groups -OCH3 is 1. The maximum atomic E-state index is 12.0. The Hall–Kier alpha value is -3.35. The lowest BCUT2D eigenvalue weighted by Gasteiger charge is -2.09. The van der Waals surface area contributed by atoms with Crippen molar-refractivity contribution >= 4 is 29.2 Å². The number of ether oxygens (including phenoxy) is 1. The first-order valence-electron chi connectivity index (χ1n) is 7.57. The number of nitrogens with one attached hydrogen (secondary N) is 3. The fraction of sp³-hybridized carbons (Fsp3) is 0.167. The van der Waals surface area contributed by atoms with Crippen LogP contribution in [0.5, 0.6) is 0 Å². The molecule has 0 aromatic heterocycles. The predicted octanol–water partition coefficient (Wildman–Crippen LogP) is 1.88. The van der Waals surface area contributed by atoms with Crippen molar-refractivity contribution in [2.24, 2.45) is 0 Å². The van der Waals surface area contributed by atoms with Crippen LogP contribution in [-0.4, -0.2) is 38.5 Å². The SMILES string of the molecule is CNC(=O)c1cccc(NCC(=O)Nc2ccc(C(=O)OC)cc2)c1. The van der Waals surface area contributed by atoms with Crippen LogP contribution in [0.15, 0.2) is 48.5 Å². The third kappa shape index (κ3) is 5.07. The standard InChI is InChI=1S/C18H19N3O4/c1-19-17(23)13-4-3-5-15(10-13)20-11-16(22)21-14-8-6-12(7-9-14)18(24)25-2/h3-10,20H,11H2,1-2H3,(H,19,23)(H,21,22). The summed E-state index contributed by atoms with van der Waals surface area (Å²) in [7, 11) is 2.87. The van der Waals surface area contributed by atoms with E-state index in [2.05, 4.69) is 20.7 Å². The minimum Gasteiger partial charge on any atom is -0.465 e. The van der Waals surface area contributed by atoms with E-state index in [1.165, 1.54) is 7.11 Å². The van der Waals surface area contributed by atoms with E-state index in [1.807, 2.05) is 0 Å². The average Bonchev–Trinajstić information content (AvgIpc) is 2.66. The number of hydrogen-bond acceptors (Lipinski definition) is 5. The summed E-state index contributed by atoms with van der Waals surface area (Å²) in [4.78, 5) is 34.9. The number of amides is 2. The van der Waals surface area contributed by atoms with Crippen LogP contribution >= 0.6 is 0 Å². The van der Waals surface area contributed by atoms with Gasteiger partial charge in [0, 0.05) is 24.0 Å². The van der Waals surface area contributed by atoms with Crippen LogP contribution in [0.3, 0.4) is 0 Å². The van der Waals surface area contributed by atoms with Gasteiger partial charge in [0.1, 0.15) is 0 Å². The van der Waals surface area contributed by atoms with Crippen LogP contribution in [0.2, 0.25) is 0 Å². The van der Waals surface area contributed by atoms with Gasteiger partial charge in [-0.2, -0.15) is 0 Å². The van der Waals surface area contributed by atoms with Gasteiger partial charge in [0.25, 0.3) is 5.91 Å². The molecule has 2 aromatic rings. The highest BCUT2D eigenvalue weighted by Crippen LogP contribution is 2.12. The number of hydrogen-bond donors (Lipinski definition) is 3. The Kier molecular flexibility index (Phi) is 6.11. The molecule has 0 aliphatic rings. The molecule has 7 heteroatoms. The maximum absolute atomic E-state index is 12.0. The summed E-state index contributed by atoms with van der Waals surface area (Å²) in [5.74, 6) is -0.884. The van der Waals surface area contributed by atoms with E-state index in [-0.39, 0.29) is 18.4 Å². The van der Waals surface area contributed by atoms with E-state index < -0.39 is 5.97 Å². The molecule has 7 nitrogen and oxygen atoms in total. The summed E-state index contributed by atoms with van der Waals surface area (Å²) in [5, 5.41) is 8.21. The van der Waals surface area contributed by atoms with Gasteiger partial charge in [0.05, 0.1) is 19.2 Å². The second kappa shape index (κ2) is 8.49. The summed E-state index contributed by atoms with van der Waals surface area (Å²) < 4.78 is 4.61. The molecule has 0 aliphatic carbocycles. The number of benzene rings is 2. The lowest BCUT2D eigenvalue weighted by molar-refractivity contribution is -0.114. The second-order valence-electron chi connectivity index (χ2n) is 5.13. The first-order chi connectivity index (χ1) is 12.0. The zero-order valence-corrected chi connectivity index (χ0v) is 14.0. The molecule has 2 aromatic carbocycles. The molecule has 0 aliphatic heterocycles. The van der Waals surface area contributed by atoms with Gasteiger partial charge in [-0.05, 0) is 42.5 Å². The fourth-order valence-electron chi connectivity index (χ4n) is 2.11. The monoisotopic (exact) mass is 341 g/mol. The van der Waals surface area contributed by atoms with Gasteiger partial charge in [-0.15, -0.1) is 0 Å². The van der Waals surface area contributed by atoms with Gasteiger partial charge in [0.2, 0.25) is 5.91 Å². The molecule has 0 fully saturated rings.